The predicted octanol–water partition coefficient (Wildman–Crippen LogP) is 3.18. The number of amides is 1. The summed E-state index contributed by atoms with van der Waals surface area (Å²) in [6, 6.07) is 10.5. The van der Waals surface area contributed by atoms with Gasteiger partial charge >= 0.3 is 6.09 Å². The summed E-state index contributed by atoms with van der Waals surface area (Å²) in [5, 5.41) is 20.5. The van der Waals surface area contributed by atoms with Gasteiger partial charge in [-0.2, -0.15) is 0 Å². The molecule has 0 saturated carbocycles. The third kappa shape index (κ3) is 2.56. The Hall–Kier alpha value is -3.00. The van der Waals surface area contributed by atoms with E-state index in [1.807, 2.05) is 0 Å². The third-order valence-corrected chi connectivity index (χ3v) is 6.77. The molecule has 2 aromatic carbocycles. The van der Waals surface area contributed by atoms with Gasteiger partial charge in [-0.3, -0.25) is 0 Å². The van der Waals surface area contributed by atoms with Crippen LogP contribution in [0.5, 0.6) is 5.75 Å². The van der Waals surface area contributed by atoms with Gasteiger partial charge in [0.1, 0.15) is 5.75 Å². The molecule has 0 bridgehead atoms. The molecule has 1 aromatic heterocycles. The minimum Gasteiger partial charge on any atom is -0.508 e. The van der Waals surface area contributed by atoms with Crippen molar-refractivity contribution in [2.45, 2.75) is 24.3 Å². The number of phenols is 1. The van der Waals surface area contributed by atoms with Gasteiger partial charge in [-0.05, 0) is 43.2 Å². The summed E-state index contributed by atoms with van der Waals surface area (Å²) in [7, 11) is -3.81. The lowest BCUT2D eigenvalue weighted by atomic mass is 10.00. The second-order valence-corrected chi connectivity index (χ2v) is 8.38. The second-order valence-electron chi connectivity index (χ2n) is 6.56. The number of carboxylic acid groups (broad SMARTS) is 1. The van der Waals surface area contributed by atoms with Gasteiger partial charge in [0.05, 0.1) is 16.5 Å². The van der Waals surface area contributed by atoms with Crippen LogP contribution in [0, 0.1) is 0 Å². The highest BCUT2D eigenvalue weighted by molar-refractivity contribution is 7.90. The summed E-state index contributed by atoms with van der Waals surface area (Å²) in [6.07, 6.45) is 0.823. The maximum absolute atomic E-state index is 13.1. The zero-order valence-corrected chi connectivity index (χ0v) is 15.3. The maximum Gasteiger partial charge on any atom is 0.407 e. The minimum absolute atomic E-state index is 0.0424. The highest BCUT2D eigenvalue weighted by Gasteiger charge is 2.32. The molecule has 1 aliphatic heterocycles. The number of hydrogen-bond acceptors (Lipinski definition) is 4. The number of benzene rings is 2. The van der Waals surface area contributed by atoms with Crippen molar-refractivity contribution in [1.82, 2.24) is 8.87 Å². The normalized spacial score (nSPS) is 17.1. The summed E-state index contributed by atoms with van der Waals surface area (Å²) in [4.78, 5) is 13.0. The SMILES string of the molecule is CC1c2c(O)ccc3c2c(cn3S(=O)(=O)c2ccccc2)CCN1C(=O)O. The molecule has 140 valence electrons. The number of rotatable bonds is 2. The monoisotopic (exact) mass is 386 g/mol. The Morgan fingerprint density at radius 1 is 1.15 bits per heavy atom. The van der Waals surface area contributed by atoms with E-state index < -0.39 is 22.2 Å². The average Bonchev–Trinajstić information content (AvgIpc) is 2.94. The summed E-state index contributed by atoms with van der Waals surface area (Å²) >= 11 is 0. The van der Waals surface area contributed by atoms with Gasteiger partial charge in [0.15, 0.2) is 0 Å². The van der Waals surface area contributed by atoms with Crippen LogP contribution >= 0.6 is 0 Å². The number of carbonyl (C=O) groups is 1. The molecule has 27 heavy (non-hydrogen) atoms. The fourth-order valence-electron chi connectivity index (χ4n) is 3.76. The zero-order chi connectivity index (χ0) is 19.3. The molecular weight excluding hydrogens is 368 g/mol. The van der Waals surface area contributed by atoms with Crippen molar-refractivity contribution in [3.8, 4) is 5.75 Å². The Bertz CT molecular complexity index is 1150. The first-order chi connectivity index (χ1) is 12.8. The lowest BCUT2D eigenvalue weighted by Gasteiger charge is -2.25. The molecule has 2 N–H and O–H groups in total. The van der Waals surface area contributed by atoms with Gasteiger partial charge < -0.3 is 15.1 Å². The van der Waals surface area contributed by atoms with Crippen LogP contribution in [0.15, 0.2) is 53.6 Å². The molecule has 1 atom stereocenters. The maximum atomic E-state index is 13.1. The molecule has 3 aromatic rings. The number of aromatic nitrogens is 1. The van der Waals surface area contributed by atoms with E-state index in [1.165, 1.54) is 33.3 Å². The smallest absolute Gasteiger partial charge is 0.407 e. The van der Waals surface area contributed by atoms with Gasteiger partial charge in [0.25, 0.3) is 10.0 Å². The second kappa shape index (κ2) is 6.02. The van der Waals surface area contributed by atoms with Crippen LogP contribution in [0.1, 0.15) is 24.1 Å². The van der Waals surface area contributed by atoms with Crippen LogP contribution in [-0.2, 0) is 16.4 Å². The van der Waals surface area contributed by atoms with Crippen molar-refractivity contribution >= 4 is 27.0 Å². The molecule has 1 unspecified atom stereocenters. The van der Waals surface area contributed by atoms with E-state index in [9.17, 15) is 23.4 Å². The van der Waals surface area contributed by atoms with Crippen LogP contribution in [0.2, 0.25) is 0 Å². The van der Waals surface area contributed by atoms with Gasteiger partial charge in [-0.25, -0.2) is 17.2 Å². The molecule has 8 heteroatoms. The summed E-state index contributed by atoms with van der Waals surface area (Å²) < 4.78 is 27.5. The van der Waals surface area contributed by atoms with Gasteiger partial charge in [0.2, 0.25) is 0 Å². The Labute approximate surface area is 156 Å². The van der Waals surface area contributed by atoms with Crippen LogP contribution in [0.25, 0.3) is 10.9 Å². The van der Waals surface area contributed by atoms with Crippen molar-refractivity contribution in [3.05, 3.63) is 59.8 Å². The standard InChI is InChI=1S/C19H18N2O5S/c1-12-17-16(22)8-7-15-18(17)13(9-10-20(12)19(23)24)11-21(15)27(25,26)14-5-3-2-4-6-14/h2-8,11-12,22H,9-10H2,1H3,(H,23,24). The number of nitrogens with zero attached hydrogens (tertiary/aromatic N) is 2. The number of hydrogen-bond donors (Lipinski definition) is 2. The fourth-order valence-corrected chi connectivity index (χ4v) is 5.17. The molecular formula is C19H18N2O5S. The van der Waals surface area contributed by atoms with Crippen LogP contribution in [0.4, 0.5) is 4.79 Å². The van der Waals surface area contributed by atoms with Crippen molar-refractivity contribution in [2.75, 3.05) is 6.54 Å². The molecule has 0 radical (unpaired) electrons. The predicted molar refractivity (Wildman–Crippen MR) is 99.5 cm³/mol. The van der Waals surface area contributed by atoms with Gasteiger partial charge in [-0.15, -0.1) is 0 Å². The first-order valence-electron chi connectivity index (χ1n) is 8.48. The van der Waals surface area contributed by atoms with E-state index in [0.717, 1.165) is 0 Å². The minimum atomic E-state index is -3.81. The summed E-state index contributed by atoms with van der Waals surface area (Å²) in [5.41, 5.74) is 1.57. The first kappa shape index (κ1) is 17.4. The van der Waals surface area contributed by atoms with Crippen molar-refractivity contribution in [1.29, 1.82) is 0 Å². The van der Waals surface area contributed by atoms with Gasteiger partial charge in [-0.1, -0.05) is 18.2 Å². The molecule has 0 fully saturated rings. The van der Waals surface area contributed by atoms with E-state index in [2.05, 4.69) is 0 Å². The topological polar surface area (TPSA) is 99.8 Å². The first-order valence-corrected chi connectivity index (χ1v) is 9.92. The van der Waals surface area contributed by atoms with Crippen molar-refractivity contribution in [2.24, 2.45) is 0 Å². The lowest BCUT2D eigenvalue weighted by molar-refractivity contribution is 0.129. The molecule has 1 amide bonds. The number of aromatic hydroxyl groups is 1. The molecule has 0 saturated heterocycles. The van der Waals surface area contributed by atoms with E-state index >= 15 is 0 Å². The van der Waals surface area contributed by atoms with Crippen LogP contribution in [0.3, 0.4) is 0 Å². The van der Waals surface area contributed by atoms with E-state index in [0.29, 0.717) is 28.5 Å². The highest BCUT2D eigenvalue weighted by atomic mass is 32.2. The van der Waals surface area contributed by atoms with Crippen molar-refractivity contribution < 1.29 is 23.4 Å². The Morgan fingerprint density at radius 2 is 1.85 bits per heavy atom. The summed E-state index contributed by atoms with van der Waals surface area (Å²) in [6.45, 7) is 1.91. The molecule has 0 spiro atoms. The van der Waals surface area contributed by atoms with E-state index in [-0.39, 0.29) is 17.2 Å². The van der Waals surface area contributed by atoms with Gasteiger partial charge in [0, 0.05) is 23.7 Å². The zero-order valence-electron chi connectivity index (χ0n) is 14.5. The largest absolute Gasteiger partial charge is 0.508 e. The fraction of sp³-hybridized carbons (Fsp3) is 0.211. The highest BCUT2D eigenvalue weighted by Crippen LogP contribution is 2.41. The Kier molecular flexibility index (Phi) is 3.88. The molecule has 1 aliphatic rings. The van der Waals surface area contributed by atoms with Crippen molar-refractivity contribution in [3.63, 3.8) is 0 Å². The Morgan fingerprint density at radius 3 is 2.52 bits per heavy atom. The van der Waals surface area contributed by atoms with E-state index in [4.69, 9.17) is 0 Å². The number of phenolic OH excluding ortho intramolecular Hbond substituents is 1. The van der Waals surface area contributed by atoms with E-state index in [1.54, 1.807) is 31.2 Å². The molecule has 4 rings (SSSR count). The van der Waals surface area contributed by atoms with Crippen LogP contribution < -0.4 is 0 Å². The summed E-state index contributed by atoms with van der Waals surface area (Å²) in [5.74, 6) is -0.0424. The quantitative estimate of drug-likeness (QED) is 0.705. The van der Waals surface area contributed by atoms with Crippen LogP contribution in [-0.4, -0.2) is 40.1 Å². The molecule has 7 nitrogen and oxygen atoms in total. The third-order valence-electron chi connectivity index (χ3n) is 5.09. The molecule has 0 aliphatic carbocycles. The lowest BCUT2D eigenvalue weighted by Crippen LogP contribution is -2.33. The molecule has 2 heterocycles. The average molecular weight is 386 g/mol. The Balaban J connectivity index is 2.00.